The summed E-state index contributed by atoms with van der Waals surface area (Å²) in [5, 5.41) is 0. The van der Waals surface area contributed by atoms with Gasteiger partial charge in [-0.25, -0.2) is 8.78 Å². The third-order valence-electron chi connectivity index (χ3n) is 5.59. The van der Waals surface area contributed by atoms with Crippen molar-refractivity contribution in [2.75, 3.05) is 18.0 Å². The van der Waals surface area contributed by atoms with Crippen LogP contribution in [0.25, 0.3) is 0 Å². The Morgan fingerprint density at radius 3 is 1.63 bits per heavy atom. The monoisotopic (exact) mass is 363 g/mol. The van der Waals surface area contributed by atoms with Crippen molar-refractivity contribution in [1.82, 2.24) is 0 Å². The van der Waals surface area contributed by atoms with E-state index in [1.54, 1.807) is 0 Å². The lowest BCUT2D eigenvalue weighted by Gasteiger charge is -2.37. The molecule has 0 aromatic heterocycles. The fourth-order valence-electron chi connectivity index (χ4n) is 4.21. The van der Waals surface area contributed by atoms with Crippen molar-refractivity contribution in [2.24, 2.45) is 5.92 Å². The predicted molar refractivity (Wildman–Crippen MR) is 106 cm³/mol. The van der Waals surface area contributed by atoms with Gasteiger partial charge in [-0.3, -0.25) is 0 Å². The van der Waals surface area contributed by atoms with E-state index >= 15 is 0 Å². The average molecular weight is 363 g/mol. The molecule has 1 nitrogen and oxygen atoms in total. The highest BCUT2D eigenvalue weighted by molar-refractivity contribution is 5.46. The second kappa shape index (κ2) is 7.91. The highest BCUT2D eigenvalue weighted by Crippen LogP contribution is 2.39. The molecule has 0 amide bonds. The summed E-state index contributed by atoms with van der Waals surface area (Å²) in [4.78, 5) is 2.42. The number of hydrogen-bond acceptors (Lipinski definition) is 1. The van der Waals surface area contributed by atoms with Crippen molar-refractivity contribution < 1.29 is 8.78 Å². The van der Waals surface area contributed by atoms with Gasteiger partial charge >= 0.3 is 0 Å². The van der Waals surface area contributed by atoms with Crippen molar-refractivity contribution >= 4 is 5.69 Å². The van der Waals surface area contributed by atoms with Gasteiger partial charge in [0.2, 0.25) is 0 Å². The van der Waals surface area contributed by atoms with Crippen LogP contribution in [0.2, 0.25) is 0 Å². The van der Waals surface area contributed by atoms with Crippen LogP contribution in [0.3, 0.4) is 0 Å². The second-order valence-electron chi connectivity index (χ2n) is 7.24. The van der Waals surface area contributed by atoms with Crippen molar-refractivity contribution in [3.8, 4) is 0 Å². The molecule has 27 heavy (non-hydrogen) atoms. The lowest BCUT2D eigenvalue weighted by atomic mass is 9.76. The number of hydrogen-bond donors (Lipinski definition) is 0. The summed E-state index contributed by atoms with van der Waals surface area (Å²) in [6.45, 7) is 1.99. The molecule has 0 saturated carbocycles. The summed E-state index contributed by atoms with van der Waals surface area (Å²) in [7, 11) is 0. The Labute approximate surface area is 159 Å². The Kier molecular flexibility index (Phi) is 5.19. The molecular formula is C24H23F2N. The Morgan fingerprint density at radius 2 is 1.15 bits per heavy atom. The van der Waals surface area contributed by atoms with Crippen molar-refractivity contribution in [3.05, 3.63) is 102 Å². The van der Waals surface area contributed by atoms with Gasteiger partial charge in [-0.1, -0.05) is 42.5 Å². The first-order valence-corrected chi connectivity index (χ1v) is 9.51. The first kappa shape index (κ1) is 17.7. The van der Waals surface area contributed by atoms with Crippen LogP contribution in [0.4, 0.5) is 14.5 Å². The van der Waals surface area contributed by atoms with Crippen LogP contribution in [0.5, 0.6) is 0 Å². The van der Waals surface area contributed by atoms with E-state index in [-0.39, 0.29) is 17.6 Å². The molecule has 0 N–H and O–H groups in total. The molecule has 3 aromatic carbocycles. The molecule has 1 heterocycles. The van der Waals surface area contributed by atoms with Crippen LogP contribution in [-0.4, -0.2) is 13.1 Å². The van der Waals surface area contributed by atoms with E-state index in [0.29, 0.717) is 5.92 Å². The summed E-state index contributed by atoms with van der Waals surface area (Å²) in [5.74, 6) is 0.149. The molecule has 0 radical (unpaired) electrons. The zero-order valence-corrected chi connectivity index (χ0v) is 15.2. The van der Waals surface area contributed by atoms with E-state index in [1.165, 1.54) is 30.0 Å². The number of anilines is 1. The predicted octanol–water partition coefficient (Wildman–Crippen LogP) is 6.01. The van der Waals surface area contributed by atoms with Gasteiger partial charge in [-0.05, 0) is 66.3 Å². The smallest absolute Gasteiger partial charge is 0.123 e. The topological polar surface area (TPSA) is 3.24 Å². The SMILES string of the molecule is Fc1ccc(C(c2ccc(F)cc2)C2CCN(c3ccccc3)CC2)cc1. The fraction of sp³-hybridized carbons (Fsp3) is 0.250. The fourth-order valence-corrected chi connectivity index (χ4v) is 4.21. The first-order valence-electron chi connectivity index (χ1n) is 9.51. The normalized spacial score (nSPS) is 15.3. The van der Waals surface area contributed by atoms with Crippen molar-refractivity contribution in [3.63, 3.8) is 0 Å². The molecule has 1 aliphatic heterocycles. The molecule has 4 rings (SSSR count). The quantitative estimate of drug-likeness (QED) is 0.548. The highest BCUT2D eigenvalue weighted by atomic mass is 19.1. The molecule has 0 bridgehead atoms. The van der Waals surface area contributed by atoms with E-state index in [1.807, 2.05) is 30.3 Å². The maximum atomic E-state index is 13.4. The summed E-state index contributed by atoms with van der Waals surface area (Å²) >= 11 is 0. The number of piperidine rings is 1. The van der Waals surface area contributed by atoms with Crippen LogP contribution >= 0.6 is 0 Å². The maximum absolute atomic E-state index is 13.4. The standard InChI is InChI=1S/C24H23F2N/c25-21-10-6-18(7-11-21)24(19-8-12-22(26)13-9-19)20-14-16-27(17-15-20)23-4-2-1-3-5-23/h1-13,20,24H,14-17H2. The summed E-state index contributed by atoms with van der Waals surface area (Å²) in [5.41, 5.74) is 3.46. The number of para-hydroxylation sites is 1. The minimum atomic E-state index is -0.226. The molecule has 0 aliphatic carbocycles. The lowest BCUT2D eigenvalue weighted by molar-refractivity contribution is 0.368. The third kappa shape index (κ3) is 4.02. The Balaban J connectivity index is 1.58. The maximum Gasteiger partial charge on any atom is 0.123 e. The highest BCUT2D eigenvalue weighted by Gasteiger charge is 2.29. The number of halogens is 2. The molecule has 138 valence electrons. The third-order valence-corrected chi connectivity index (χ3v) is 5.59. The summed E-state index contributed by atoms with van der Waals surface area (Å²) in [6, 6.07) is 24.0. The van der Waals surface area contributed by atoms with E-state index in [4.69, 9.17) is 0 Å². The van der Waals surface area contributed by atoms with Gasteiger partial charge in [0.05, 0.1) is 0 Å². The molecule has 0 atom stereocenters. The van der Waals surface area contributed by atoms with Gasteiger partial charge in [0.15, 0.2) is 0 Å². The van der Waals surface area contributed by atoms with E-state index in [9.17, 15) is 8.78 Å². The Morgan fingerprint density at radius 1 is 0.667 bits per heavy atom. The van der Waals surface area contributed by atoms with E-state index in [0.717, 1.165) is 37.1 Å². The molecule has 1 saturated heterocycles. The zero-order chi connectivity index (χ0) is 18.6. The van der Waals surface area contributed by atoms with Crippen molar-refractivity contribution in [2.45, 2.75) is 18.8 Å². The molecule has 0 spiro atoms. The van der Waals surface area contributed by atoms with Crippen LogP contribution < -0.4 is 4.90 Å². The molecule has 3 aromatic rings. The summed E-state index contributed by atoms with van der Waals surface area (Å²) in [6.07, 6.45) is 2.10. The lowest BCUT2D eigenvalue weighted by Crippen LogP contribution is -2.35. The molecule has 0 unspecified atom stereocenters. The first-order chi connectivity index (χ1) is 13.2. The van der Waals surface area contributed by atoms with Gasteiger partial charge in [-0.2, -0.15) is 0 Å². The summed E-state index contributed by atoms with van der Waals surface area (Å²) < 4.78 is 26.9. The van der Waals surface area contributed by atoms with Crippen LogP contribution in [0.15, 0.2) is 78.9 Å². The zero-order valence-electron chi connectivity index (χ0n) is 15.2. The van der Waals surface area contributed by atoms with E-state index in [2.05, 4.69) is 29.2 Å². The largest absolute Gasteiger partial charge is 0.372 e. The molecule has 1 fully saturated rings. The van der Waals surface area contributed by atoms with Gasteiger partial charge in [-0.15, -0.1) is 0 Å². The number of rotatable bonds is 4. The molecule has 1 aliphatic rings. The minimum Gasteiger partial charge on any atom is -0.372 e. The van der Waals surface area contributed by atoms with Crippen molar-refractivity contribution in [1.29, 1.82) is 0 Å². The van der Waals surface area contributed by atoms with Crippen LogP contribution in [0, 0.1) is 17.6 Å². The van der Waals surface area contributed by atoms with Gasteiger partial charge < -0.3 is 4.90 Å². The van der Waals surface area contributed by atoms with Crippen LogP contribution in [0.1, 0.15) is 29.9 Å². The minimum absolute atomic E-state index is 0.157. The Hall–Kier alpha value is -2.68. The molecule has 3 heteroatoms. The van der Waals surface area contributed by atoms with Gasteiger partial charge in [0.1, 0.15) is 11.6 Å². The second-order valence-corrected chi connectivity index (χ2v) is 7.24. The number of benzene rings is 3. The van der Waals surface area contributed by atoms with E-state index < -0.39 is 0 Å². The molecular weight excluding hydrogens is 340 g/mol. The number of nitrogens with zero attached hydrogens (tertiary/aromatic N) is 1. The average Bonchev–Trinajstić information content (AvgIpc) is 2.72. The Bertz CT molecular complexity index is 806. The van der Waals surface area contributed by atoms with Gasteiger partial charge in [0, 0.05) is 24.7 Å². The van der Waals surface area contributed by atoms with Gasteiger partial charge in [0.25, 0.3) is 0 Å². The van der Waals surface area contributed by atoms with Crippen LogP contribution in [-0.2, 0) is 0 Å².